The molecule has 120 valence electrons. The van der Waals surface area contributed by atoms with Gasteiger partial charge < -0.3 is 51.6 Å². The second-order valence-electron chi connectivity index (χ2n) is 5.45. The van der Waals surface area contributed by atoms with Gasteiger partial charge in [0.2, 0.25) is 0 Å². The van der Waals surface area contributed by atoms with Crippen molar-refractivity contribution in [2.75, 3.05) is 51.6 Å². The first-order valence-electron chi connectivity index (χ1n) is 6.68. The number of nitrogens with two attached hydrogens (primary N) is 9. The van der Waals surface area contributed by atoms with E-state index >= 15 is 0 Å². The van der Waals surface area contributed by atoms with Crippen LogP contribution in [0.1, 0.15) is 0 Å². The van der Waals surface area contributed by atoms with E-state index in [0.29, 0.717) is 21.5 Å². The summed E-state index contributed by atoms with van der Waals surface area (Å²) in [5.41, 5.74) is 56.1. The fourth-order valence-electron chi connectivity index (χ4n) is 2.89. The van der Waals surface area contributed by atoms with Crippen LogP contribution in [0.3, 0.4) is 0 Å². The minimum Gasteiger partial charge on any atom is -0.397 e. The zero-order valence-electron chi connectivity index (χ0n) is 12.3. The Balaban J connectivity index is 2.80. The van der Waals surface area contributed by atoms with Crippen LogP contribution in [0, 0.1) is 0 Å². The van der Waals surface area contributed by atoms with E-state index in [1.807, 2.05) is 0 Å². The molecule has 0 saturated carbocycles. The van der Waals surface area contributed by atoms with E-state index in [0.717, 1.165) is 0 Å². The molecule has 0 radical (unpaired) electrons. The van der Waals surface area contributed by atoms with Gasteiger partial charge in [0.1, 0.15) is 0 Å². The molecule has 3 aromatic carbocycles. The summed E-state index contributed by atoms with van der Waals surface area (Å²) in [6.45, 7) is 0. The molecule has 9 nitrogen and oxygen atoms in total. The van der Waals surface area contributed by atoms with Gasteiger partial charge in [0.15, 0.2) is 0 Å². The summed E-state index contributed by atoms with van der Waals surface area (Å²) in [7, 11) is 0. The Hall–Kier alpha value is -3.62. The fraction of sp³-hybridized carbons (Fsp3) is 0. The molecule has 0 aliphatic carbocycles. The van der Waals surface area contributed by atoms with Crippen LogP contribution in [-0.4, -0.2) is 0 Å². The lowest BCUT2D eigenvalue weighted by Crippen LogP contribution is -2.09. The first-order chi connectivity index (χ1) is 10.7. The number of anilines is 9. The average molecular weight is 313 g/mol. The zero-order chi connectivity index (χ0) is 17.2. The third-order valence-corrected chi connectivity index (χ3v) is 4.20. The Morgan fingerprint density at radius 2 is 0.783 bits per heavy atom. The molecule has 9 heteroatoms. The summed E-state index contributed by atoms with van der Waals surface area (Å²) in [4.78, 5) is 0. The van der Waals surface area contributed by atoms with Crippen LogP contribution in [0.25, 0.3) is 21.5 Å². The van der Waals surface area contributed by atoms with E-state index in [2.05, 4.69) is 0 Å². The lowest BCUT2D eigenvalue weighted by atomic mass is 9.93. The predicted molar refractivity (Wildman–Crippen MR) is 101 cm³/mol. The molecule has 0 spiro atoms. The Morgan fingerprint density at radius 1 is 0.391 bits per heavy atom. The minimum absolute atomic E-state index is 0.150. The van der Waals surface area contributed by atoms with Gasteiger partial charge in [-0.3, -0.25) is 0 Å². The standard InChI is InChI=1S/C14H19N9/c15-3-1-2-4-6(12(21)14(23)13(22)8(4)17)11(20)10(19)5(2)9(18)7(3)16/h1H,15-23H2. The average Bonchev–Trinajstić information content (AvgIpc) is 2.51. The molecular weight excluding hydrogens is 294 g/mol. The Kier molecular flexibility index (Phi) is 2.61. The molecule has 0 saturated heterocycles. The van der Waals surface area contributed by atoms with Crippen molar-refractivity contribution in [3.63, 3.8) is 0 Å². The Morgan fingerprint density at radius 3 is 1.35 bits per heavy atom. The topological polar surface area (TPSA) is 234 Å². The molecule has 0 fully saturated rings. The molecule has 0 aliphatic rings. The molecule has 3 aromatic rings. The Labute approximate surface area is 131 Å². The van der Waals surface area contributed by atoms with Crippen molar-refractivity contribution < 1.29 is 0 Å². The van der Waals surface area contributed by atoms with Crippen LogP contribution in [0.5, 0.6) is 0 Å². The molecule has 0 heterocycles. The number of rotatable bonds is 0. The number of hydrogen-bond donors (Lipinski definition) is 9. The van der Waals surface area contributed by atoms with Crippen molar-refractivity contribution in [3.8, 4) is 0 Å². The van der Waals surface area contributed by atoms with Crippen molar-refractivity contribution in [1.29, 1.82) is 0 Å². The van der Waals surface area contributed by atoms with Crippen molar-refractivity contribution >= 4 is 72.7 Å². The summed E-state index contributed by atoms with van der Waals surface area (Å²) in [5, 5.41) is 1.93. The lowest BCUT2D eigenvalue weighted by molar-refractivity contribution is 1.66. The van der Waals surface area contributed by atoms with Crippen LogP contribution in [0.4, 0.5) is 51.2 Å². The van der Waals surface area contributed by atoms with Crippen molar-refractivity contribution in [1.82, 2.24) is 0 Å². The van der Waals surface area contributed by atoms with Crippen molar-refractivity contribution in [3.05, 3.63) is 6.07 Å². The van der Waals surface area contributed by atoms with Gasteiger partial charge in [-0.05, 0) is 11.5 Å². The highest BCUT2D eigenvalue weighted by Crippen LogP contribution is 2.50. The molecule has 0 aromatic heterocycles. The Bertz CT molecular complexity index is 1010. The summed E-state index contributed by atoms with van der Waals surface area (Å²) in [6, 6.07) is 1.62. The summed E-state index contributed by atoms with van der Waals surface area (Å²) >= 11 is 0. The van der Waals surface area contributed by atoms with Crippen LogP contribution >= 0.6 is 0 Å². The highest BCUT2D eigenvalue weighted by Gasteiger charge is 2.22. The second-order valence-corrected chi connectivity index (χ2v) is 5.45. The largest absolute Gasteiger partial charge is 0.397 e. The molecule has 0 amide bonds. The van der Waals surface area contributed by atoms with Gasteiger partial charge in [-0.15, -0.1) is 0 Å². The normalized spacial score (nSPS) is 11.3. The monoisotopic (exact) mass is 313 g/mol. The van der Waals surface area contributed by atoms with Crippen LogP contribution in [0.15, 0.2) is 6.07 Å². The van der Waals surface area contributed by atoms with Gasteiger partial charge in [0.25, 0.3) is 0 Å². The van der Waals surface area contributed by atoms with Crippen LogP contribution in [-0.2, 0) is 0 Å². The molecule has 0 bridgehead atoms. The van der Waals surface area contributed by atoms with E-state index in [-0.39, 0.29) is 51.2 Å². The number of hydrogen-bond acceptors (Lipinski definition) is 9. The van der Waals surface area contributed by atoms with E-state index in [1.54, 1.807) is 6.07 Å². The first-order valence-corrected chi connectivity index (χ1v) is 6.68. The first kappa shape index (κ1) is 14.3. The zero-order valence-corrected chi connectivity index (χ0v) is 12.3. The van der Waals surface area contributed by atoms with Gasteiger partial charge in [-0.25, -0.2) is 0 Å². The molecule has 3 rings (SSSR count). The quantitative estimate of drug-likeness (QED) is 0.156. The smallest absolute Gasteiger partial charge is 0.0810 e. The number of benzene rings is 3. The third kappa shape index (κ3) is 1.55. The summed E-state index contributed by atoms with van der Waals surface area (Å²) < 4.78 is 0. The van der Waals surface area contributed by atoms with Crippen molar-refractivity contribution in [2.24, 2.45) is 0 Å². The van der Waals surface area contributed by atoms with E-state index in [4.69, 9.17) is 51.6 Å². The lowest BCUT2D eigenvalue weighted by Gasteiger charge is -2.20. The maximum absolute atomic E-state index is 6.15. The second kappa shape index (κ2) is 4.19. The predicted octanol–water partition coefficient (Wildman–Crippen LogP) is 0.233. The van der Waals surface area contributed by atoms with E-state index < -0.39 is 0 Å². The maximum Gasteiger partial charge on any atom is 0.0810 e. The minimum atomic E-state index is 0.150. The molecule has 0 atom stereocenters. The summed E-state index contributed by atoms with van der Waals surface area (Å²) in [5.74, 6) is 0. The highest BCUT2D eigenvalue weighted by molar-refractivity contribution is 6.32. The third-order valence-electron chi connectivity index (χ3n) is 4.20. The molecule has 0 unspecified atom stereocenters. The van der Waals surface area contributed by atoms with E-state index in [1.165, 1.54) is 0 Å². The van der Waals surface area contributed by atoms with Gasteiger partial charge in [0.05, 0.1) is 51.2 Å². The molecule has 18 N–H and O–H groups in total. The number of fused-ring (bicyclic) bond motifs is 3. The summed E-state index contributed by atoms with van der Waals surface area (Å²) in [6.07, 6.45) is 0. The molecule has 23 heavy (non-hydrogen) atoms. The number of nitrogen functional groups attached to an aromatic ring is 9. The maximum atomic E-state index is 6.15. The highest BCUT2D eigenvalue weighted by atomic mass is 14.8. The van der Waals surface area contributed by atoms with Crippen molar-refractivity contribution in [2.45, 2.75) is 0 Å². The van der Waals surface area contributed by atoms with Crippen LogP contribution < -0.4 is 51.6 Å². The molecule has 0 aliphatic heterocycles. The SMILES string of the molecule is Nc1cc2c(c(N)c1N)c(N)c(N)c1c(N)c(N)c(N)c(N)c12. The van der Waals surface area contributed by atoms with Gasteiger partial charge in [-0.1, -0.05) is 0 Å². The molecular formula is C14H19N9. The van der Waals surface area contributed by atoms with Gasteiger partial charge in [0, 0.05) is 16.2 Å². The van der Waals surface area contributed by atoms with Crippen LogP contribution in [0.2, 0.25) is 0 Å². The van der Waals surface area contributed by atoms with Gasteiger partial charge >= 0.3 is 0 Å². The fourth-order valence-corrected chi connectivity index (χ4v) is 2.89. The van der Waals surface area contributed by atoms with E-state index in [9.17, 15) is 0 Å². The van der Waals surface area contributed by atoms with Gasteiger partial charge in [-0.2, -0.15) is 0 Å².